The standard InChI is InChI=1S/C20H27N3O3/c1-5-18-17-11-10-15(20(25)22(4)13(2)26-14(3)24)12-19(17)23(21-18)16-8-6-7-9-16/h10-13,16H,5-9H2,1-4H3. The Morgan fingerprint density at radius 1 is 1.35 bits per heavy atom. The van der Waals surface area contributed by atoms with Gasteiger partial charge in [0.1, 0.15) is 0 Å². The van der Waals surface area contributed by atoms with Gasteiger partial charge in [-0.3, -0.25) is 14.3 Å². The van der Waals surface area contributed by atoms with Gasteiger partial charge in [-0.25, -0.2) is 0 Å². The summed E-state index contributed by atoms with van der Waals surface area (Å²) in [6, 6.07) is 6.17. The Morgan fingerprint density at radius 3 is 2.65 bits per heavy atom. The zero-order valence-corrected chi connectivity index (χ0v) is 16.0. The maximum absolute atomic E-state index is 12.8. The Labute approximate surface area is 154 Å². The van der Waals surface area contributed by atoms with Gasteiger partial charge in [0, 0.05) is 24.9 Å². The molecule has 0 radical (unpaired) electrons. The minimum atomic E-state index is -0.610. The quantitative estimate of drug-likeness (QED) is 0.605. The fourth-order valence-electron chi connectivity index (χ4n) is 3.71. The largest absolute Gasteiger partial charge is 0.442 e. The van der Waals surface area contributed by atoms with E-state index >= 15 is 0 Å². The first-order valence-corrected chi connectivity index (χ1v) is 9.38. The van der Waals surface area contributed by atoms with E-state index in [0.717, 1.165) is 35.9 Å². The molecule has 0 N–H and O–H groups in total. The average molecular weight is 357 g/mol. The molecular weight excluding hydrogens is 330 g/mol. The fraction of sp³-hybridized carbons (Fsp3) is 0.550. The third kappa shape index (κ3) is 3.45. The van der Waals surface area contributed by atoms with Crippen LogP contribution in [-0.4, -0.2) is 39.8 Å². The summed E-state index contributed by atoms with van der Waals surface area (Å²) < 4.78 is 7.24. The van der Waals surface area contributed by atoms with Gasteiger partial charge in [-0.2, -0.15) is 5.10 Å². The lowest BCUT2D eigenvalue weighted by Gasteiger charge is -2.24. The van der Waals surface area contributed by atoms with E-state index in [4.69, 9.17) is 9.84 Å². The van der Waals surface area contributed by atoms with E-state index in [-0.39, 0.29) is 5.91 Å². The molecular formula is C20H27N3O3. The lowest BCUT2D eigenvalue weighted by atomic mass is 10.1. The molecule has 26 heavy (non-hydrogen) atoms. The molecule has 1 aliphatic rings. The Kier molecular flexibility index (Phi) is 5.30. The van der Waals surface area contributed by atoms with Gasteiger partial charge in [-0.1, -0.05) is 25.8 Å². The number of hydrogen-bond acceptors (Lipinski definition) is 4. The lowest BCUT2D eigenvalue weighted by Crippen LogP contribution is -2.37. The number of ether oxygens (including phenoxy) is 1. The van der Waals surface area contributed by atoms with Gasteiger partial charge in [0.05, 0.1) is 17.3 Å². The van der Waals surface area contributed by atoms with Crippen molar-refractivity contribution in [3.8, 4) is 0 Å². The minimum Gasteiger partial charge on any atom is -0.442 e. The van der Waals surface area contributed by atoms with E-state index in [1.807, 2.05) is 18.2 Å². The molecule has 0 aliphatic heterocycles. The number of carbonyl (C=O) groups excluding carboxylic acids is 2. The second-order valence-corrected chi connectivity index (χ2v) is 7.04. The summed E-state index contributed by atoms with van der Waals surface area (Å²) in [5.74, 6) is -0.572. The monoisotopic (exact) mass is 357 g/mol. The second-order valence-electron chi connectivity index (χ2n) is 7.04. The highest BCUT2D eigenvalue weighted by Crippen LogP contribution is 2.33. The molecule has 0 spiro atoms. The van der Waals surface area contributed by atoms with Crippen LogP contribution in [0.1, 0.15) is 68.5 Å². The van der Waals surface area contributed by atoms with Crippen LogP contribution in [0, 0.1) is 0 Å². The van der Waals surface area contributed by atoms with Gasteiger partial charge in [-0.15, -0.1) is 0 Å². The Morgan fingerprint density at radius 2 is 2.04 bits per heavy atom. The van der Waals surface area contributed by atoms with Crippen LogP contribution in [0.3, 0.4) is 0 Å². The van der Waals surface area contributed by atoms with Crippen LogP contribution in [0.4, 0.5) is 0 Å². The molecule has 6 nitrogen and oxygen atoms in total. The van der Waals surface area contributed by atoms with E-state index in [1.54, 1.807) is 14.0 Å². The number of fused-ring (bicyclic) bond motifs is 1. The summed E-state index contributed by atoms with van der Waals surface area (Å²) in [4.78, 5) is 25.4. The summed E-state index contributed by atoms with van der Waals surface area (Å²) in [6.07, 6.45) is 5.00. The molecule has 1 aromatic heterocycles. The van der Waals surface area contributed by atoms with Crippen LogP contribution in [0.2, 0.25) is 0 Å². The molecule has 0 bridgehead atoms. The van der Waals surface area contributed by atoms with Crippen molar-refractivity contribution in [3.63, 3.8) is 0 Å². The summed E-state index contributed by atoms with van der Waals surface area (Å²) in [5.41, 5.74) is 2.68. The van der Waals surface area contributed by atoms with Crippen molar-refractivity contribution in [2.45, 2.75) is 65.1 Å². The maximum atomic E-state index is 12.8. The number of amides is 1. The Balaban J connectivity index is 1.96. The first-order chi connectivity index (χ1) is 12.4. The van der Waals surface area contributed by atoms with E-state index in [2.05, 4.69) is 11.6 Å². The van der Waals surface area contributed by atoms with Crippen molar-refractivity contribution in [2.75, 3.05) is 7.05 Å². The smallest absolute Gasteiger partial charge is 0.304 e. The van der Waals surface area contributed by atoms with Crippen LogP contribution in [0.5, 0.6) is 0 Å². The van der Waals surface area contributed by atoms with Crippen molar-refractivity contribution in [3.05, 3.63) is 29.5 Å². The summed E-state index contributed by atoms with van der Waals surface area (Å²) in [5, 5.41) is 5.95. The number of nitrogens with zero attached hydrogens (tertiary/aromatic N) is 3. The van der Waals surface area contributed by atoms with Crippen LogP contribution < -0.4 is 0 Å². The van der Waals surface area contributed by atoms with Crippen molar-refractivity contribution >= 4 is 22.8 Å². The topological polar surface area (TPSA) is 64.4 Å². The predicted molar refractivity (Wildman–Crippen MR) is 99.9 cm³/mol. The fourth-order valence-corrected chi connectivity index (χ4v) is 3.71. The molecule has 0 saturated heterocycles. The molecule has 3 rings (SSSR count). The zero-order chi connectivity index (χ0) is 18.8. The zero-order valence-electron chi connectivity index (χ0n) is 16.0. The van der Waals surface area contributed by atoms with Crippen molar-refractivity contribution in [2.24, 2.45) is 0 Å². The third-order valence-corrected chi connectivity index (χ3v) is 5.24. The number of carbonyl (C=O) groups is 2. The number of hydrogen-bond donors (Lipinski definition) is 0. The van der Waals surface area contributed by atoms with Gasteiger partial charge in [-0.05, 0) is 38.3 Å². The van der Waals surface area contributed by atoms with E-state index < -0.39 is 12.2 Å². The maximum Gasteiger partial charge on any atom is 0.304 e. The molecule has 140 valence electrons. The third-order valence-electron chi connectivity index (χ3n) is 5.24. The second kappa shape index (κ2) is 7.48. The number of aromatic nitrogens is 2. The predicted octanol–water partition coefficient (Wildman–Crippen LogP) is 3.69. The molecule has 1 unspecified atom stereocenters. The van der Waals surface area contributed by atoms with E-state index in [9.17, 15) is 9.59 Å². The van der Waals surface area contributed by atoms with Gasteiger partial charge in [0.2, 0.25) is 0 Å². The summed E-state index contributed by atoms with van der Waals surface area (Å²) in [7, 11) is 1.64. The Bertz CT molecular complexity index is 821. The molecule has 1 heterocycles. The van der Waals surface area contributed by atoms with Crippen LogP contribution in [0.15, 0.2) is 18.2 Å². The lowest BCUT2D eigenvalue weighted by molar-refractivity contribution is -0.151. The van der Waals surface area contributed by atoms with Gasteiger partial charge < -0.3 is 9.64 Å². The highest BCUT2D eigenvalue weighted by Gasteiger charge is 2.24. The van der Waals surface area contributed by atoms with Crippen molar-refractivity contribution in [1.82, 2.24) is 14.7 Å². The highest BCUT2D eigenvalue weighted by molar-refractivity contribution is 5.98. The number of benzene rings is 1. The van der Waals surface area contributed by atoms with Gasteiger partial charge in [0.25, 0.3) is 5.91 Å². The number of esters is 1. The summed E-state index contributed by atoms with van der Waals surface area (Å²) in [6.45, 7) is 5.14. The molecule has 1 amide bonds. The molecule has 1 fully saturated rings. The molecule has 2 aromatic rings. The molecule has 1 saturated carbocycles. The molecule has 1 aromatic carbocycles. The molecule has 1 atom stereocenters. The molecule has 6 heteroatoms. The highest BCUT2D eigenvalue weighted by atomic mass is 16.6. The van der Waals surface area contributed by atoms with Crippen molar-refractivity contribution < 1.29 is 14.3 Å². The van der Waals surface area contributed by atoms with Crippen LogP contribution in [0.25, 0.3) is 10.9 Å². The van der Waals surface area contributed by atoms with Crippen LogP contribution >= 0.6 is 0 Å². The number of aryl methyl sites for hydroxylation is 1. The normalized spacial score (nSPS) is 16.0. The average Bonchev–Trinajstić information content (AvgIpc) is 3.26. The summed E-state index contributed by atoms with van der Waals surface area (Å²) >= 11 is 0. The Hall–Kier alpha value is -2.37. The van der Waals surface area contributed by atoms with Gasteiger partial charge in [0.15, 0.2) is 6.23 Å². The first kappa shape index (κ1) is 18.4. The minimum absolute atomic E-state index is 0.169. The van der Waals surface area contributed by atoms with Crippen molar-refractivity contribution in [1.29, 1.82) is 0 Å². The SMILES string of the molecule is CCc1nn(C2CCCC2)c2cc(C(=O)N(C)C(C)OC(C)=O)ccc12. The van der Waals surface area contributed by atoms with Gasteiger partial charge >= 0.3 is 5.97 Å². The van der Waals surface area contributed by atoms with E-state index in [1.165, 1.54) is 24.7 Å². The van der Waals surface area contributed by atoms with Crippen LogP contribution in [-0.2, 0) is 16.0 Å². The first-order valence-electron chi connectivity index (χ1n) is 9.38. The van der Waals surface area contributed by atoms with E-state index in [0.29, 0.717) is 11.6 Å². The number of rotatable bonds is 5. The molecule has 1 aliphatic carbocycles.